The molecule has 5 rings (SSSR count). The van der Waals surface area contributed by atoms with Crippen LogP contribution in [-0.4, -0.2) is 22.0 Å². The van der Waals surface area contributed by atoms with Crippen LogP contribution in [0.3, 0.4) is 0 Å². The van der Waals surface area contributed by atoms with Crippen LogP contribution >= 0.6 is 23.4 Å². The van der Waals surface area contributed by atoms with Crippen molar-refractivity contribution in [3.8, 4) is 0 Å². The molecule has 0 spiro atoms. The van der Waals surface area contributed by atoms with Gasteiger partial charge in [0.2, 0.25) is 5.91 Å². The van der Waals surface area contributed by atoms with Crippen molar-refractivity contribution in [3.63, 3.8) is 0 Å². The molecule has 0 atom stereocenters. The molecule has 1 aliphatic carbocycles. The van der Waals surface area contributed by atoms with Gasteiger partial charge in [0.05, 0.1) is 21.1 Å². The highest BCUT2D eigenvalue weighted by Crippen LogP contribution is 2.33. The van der Waals surface area contributed by atoms with Crippen LogP contribution in [0.2, 0.25) is 5.02 Å². The van der Waals surface area contributed by atoms with Gasteiger partial charge in [-0.25, -0.2) is 0 Å². The van der Waals surface area contributed by atoms with Crippen LogP contribution in [0.5, 0.6) is 0 Å². The second-order valence-corrected chi connectivity index (χ2v) is 9.52. The quantitative estimate of drug-likeness (QED) is 0.444. The Hall–Kier alpha value is -3.16. The minimum Gasteiger partial charge on any atom is -0.333 e. The molecular formula is C25H21ClN4O2S. The van der Waals surface area contributed by atoms with Crippen LogP contribution in [-0.2, 0) is 9.59 Å². The van der Waals surface area contributed by atoms with Gasteiger partial charge in [0.1, 0.15) is 0 Å². The molecule has 0 radical (unpaired) electrons. The maximum absolute atomic E-state index is 12.5. The molecule has 33 heavy (non-hydrogen) atoms. The zero-order valence-electron chi connectivity index (χ0n) is 17.7. The molecule has 166 valence electrons. The van der Waals surface area contributed by atoms with Crippen molar-refractivity contribution in [1.82, 2.24) is 4.98 Å². The first-order valence-electron chi connectivity index (χ1n) is 10.8. The molecular weight excluding hydrogens is 456 g/mol. The minimum atomic E-state index is -0.310. The number of thioether (sulfide) groups is 1. The van der Waals surface area contributed by atoms with E-state index in [4.69, 9.17) is 11.6 Å². The smallest absolute Gasteiger partial charge is 0.286 e. The van der Waals surface area contributed by atoms with E-state index in [1.165, 1.54) is 11.8 Å². The number of aliphatic imine (C=N–C) groups is 1. The number of aromatic nitrogens is 1. The average Bonchev–Trinajstić information content (AvgIpc) is 3.46. The summed E-state index contributed by atoms with van der Waals surface area (Å²) in [5.41, 5.74) is 3.04. The Morgan fingerprint density at radius 3 is 2.82 bits per heavy atom. The Morgan fingerprint density at radius 1 is 1.12 bits per heavy atom. The number of amides is 2. The maximum atomic E-state index is 12.5. The van der Waals surface area contributed by atoms with Crippen LogP contribution in [0.4, 0.5) is 11.4 Å². The first kappa shape index (κ1) is 21.7. The topological polar surface area (TPSA) is 83.5 Å². The summed E-state index contributed by atoms with van der Waals surface area (Å²) in [6.07, 6.45) is 7.64. The number of anilines is 2. The van der Waals surface area contributed by atoms with Crippen LogP contribution in [0, 0.1) is 5.92 Å². The third-order valence-electron chi connectivity index (χ3n) is 5.75. The Bertz CT molecular complexity index is 1310. The summed E-state index contributed by atoms with van der Waals surface area (Å²) >= 11 is 7.60. The SMILES string of the molecule is O=C1N=C(Nc2cc(NC(=O)C3CCCC3)ccc2Cl)S/C1=C\c1ccc2ncccc2c1. The lowest BCUT2D eigenvalue weighted by Crippen LogP contribution is -2.20. The van der Waals surface area contributed by atoms with E-state index in [1.54, 1.807) is 24.4 Å². The molecule has 2 N–H and O–H groups in total. The van der Waals surface area contributed by atoms with Gasteiger partial charge in [-0.15, -0.1) is 0 Å². The number of benzene rings is 2. The van der Waals surface area contributed by atoms with E-state index in [-0.39, 0.29) is 17.7 Å². The number of fused-ring (bicyclic) bond motifs is 1. The molecule has 2 aromatic carbocycles. The summed E-state index contributed by atoms with van der Waals surface area (Å²) in [6.45, 7) is 0. The molecule has 1 fully saturated rings. The largest absolute Gasteiger partial charge is 0.333 e. The van der Waals surface area contributed by atoms with Gasteiger partial charge in [-0.3, -0.25) is 14.6 Å². The van der Waals surface area contributed by atoms with Gasteiger partial charge in [-0.05, 0) is 72.6 Å². The molecule has 6 nitrogen and oxygen atoms in total. The molecule has 1 saturated carbocycles. The predicted octanol–water partition coefficient (Wildman–Crippen LogP) is 6.10. The van der Waals surface area contributed by atoms with Crippen molar-refractivity contribution in [2.24, 2.45) is 10.9 Å². The van der Waals surface area contributed by atoms with E-state index in [0.29, 0.717) is 26.5 Å². The number of nitrogens with zero attached hydrogens (tertiary/aromatic N) is 2. The summed E-state index contributed by atoms with van der Waals surface area (Å²) in [7, 11) is 0. The second-order valence-electron chi connectivity index (χ2n) is 8.08. The monoisotopic (exact) mass is 476 g/mol. The van der Waals surface area contributed by atoms with Gasteiger partial charge in [0.25, 0.3) is 5.91 Å². The second kappa shape index (κ2) is 9.37. The molecule has 2 aliphatic rings. The van der Waals surface area contributed by atoms with Gasteiger partial charge in [0, 0.05) is 23.2 Å². The van der Waals surface area contributed by atoms with Gasteiger partial charge in [-0.1, -0.05) is 36.6 Å². The van der Waals surface area contributed by atoms with Gasteiger partial charge >= 0.3 is 0 Å². The van der Waals surface area contributed by atoms with Crippen molar-refractivity contribution in [2.45, 2.75) is 25.7 Å². The van der Waals surface area contributed by atoms with Gasteiger partial charge in [-0.2, -0.15) is 4.99 Å². The third-order valence-corrected chi connectivity index (χ3v) is 6.98. The molecule has 0 unspecified atom stereocenters. The fraction of sp³-hybridized carbons (Fsp3) is 0.200. The fourth-order valence-corrected chi connectivity index (χ4v) is 5.03. The fourth-order valence-electron chi connectivity index (χ4n) is 4.04. The normalized spacial score (nSPS) is 17.5. The number of halogens is 1. The van der Waals surface area contributed by atoms with E-state index in [9.17, 15) is 9.59 Å². The maximum Gasteiger partial charge on any atom is 0.286 e. The molecule has 0 bridgehead atoms. The highest BCUT2D eigenvalue weighted by molar-refractivity contribution is 8.18. The molecule has 1 aromatic heterocycles. The Balaban J connectivity index is 1.29. The summed E-state index contributed by atoms with van der Waals surface area (Å²) in [6, 6.07) is 15.0. The van der Waals surface area contributed by atoms with Gasteiger partial charge in [0.15, 0.2) is 5.17 Å². The van der Waals surface area contributed by atoms with E-state index < -0.39 is 0 Å². The summed E-state index contributed by atoms with van der Waals surface area (Å²) in [5, 5.41) is 8.02. The molecule has 1 aliphatic heterocycles. The van der Waals surface area contributed by atoms with Crippen molar-refractivity contribution in [1.29, 1.82) is 0 Å². The lowest BCUT2D eigenvalue weighted by Gasteiger charge is -2.13. The molecule has 8 heteroatoms. The number of nitrogens with one attached hydrogen (secondary N) is 2. The van der Waals surface area contributed by atoms with Crippen LogP contribution < -0.4 is 10.6 Å². The van der Waals surface area contributed by atoms with Gasteiger partial charge < -0.3 is 10.6 Å². The average molecular weight is 477 g/mol. The molecule has 2 amide bonds. The number of carbonyl (C=O) groups excluding carboxylic acids is 2. The first-order chi connectivity index (χ1) is 16.0. The van der Waals surface area contributed by atoms with Crippen LogP contribution in [0.15, 0.2) is 64.6 Å². The number of hydrogen-bond donors (Lipinski definition) is 2. The zero-order valence-corrected chi connectivity index (χ0v) is 19.2. The minimum absolute atomic E-state index is 0.0411. The molecule has 0 saturated heterocycles. The lowest BCUT2D eigenvalue weighted by atomic mass is 10.1. The predicted molar refractivity (Wildman–Crippen MR) is 135 cm³/mol. The summed E-state index contributed by atoms with van der Waals surface area (Å²) < 4.78 is 0. The van der Waals surface area contributed by atoms with E-state index in [1.807, 2.05) is 36.4 Å². The molecule has 2 heterocycles. The number of carbonyl (C=O) groups is 2. The molecule has 3 aromatic rings. The summed E-state index contributed by atoms with van der Waals surface area (Å²) in [5.74, 6) is -0.196. The number of pyridine rings is 1. The number of rotatable bonds is 4. The highest BCUT2D eigenvalue weighted by Gasteiger charge is 2.24. The Labute approximate surface area is 200 Å². The standard InChI is InChI=1S/C25H21ClN4O2S/c26-19-9-8-18(28-23(31)16-4-1-2-5-16)14-21(19)29-25-30-24(32)22(33-25)13-15-7-10-20-17(12-15)6-3-11-27-20/h3,6-14,16H,1-2,4-5H2,(H,28,31)(H,29,30,32)/b22-13-. The van der Waals surface area contributed by atoms with Crippen LogP contribution in [0.1, 0.15) is 31.2 Å². The highest BCUT2D eigenvalue weighted by atomic mass is 35.5. The van der Waals surface area contributed by atoms with E-state index >= 15 is 0 Å². The number of amidine groups is 1. The van der Waals surface area contributed by atoms with E-state index in [0.717, 1.165) is 42.1 Å². The van der Waals surface area contributed by atoms with Crippen molar-refractivity contribution in [3.05, 3.63) is 70.2 Å². The first-order valence-corrected chi connectivity index (χ1v) is 12.0. The van der Waals surface area contributed by atoms with Crippen LogP contribution in [0.25, 0.3) is 17.0 Å². The van der Waals surface area contributed by atoms with Crippen molar-refractivity contribution >= 4 is 68.7 Å². The van der Waals surface area contributed by atoms with E-state index in [2.05, 4.69) is 20.6 Å². The van der Waals surface area contributed by atoms with Crippen molar-refractivity contribution in [2.75, 3.05) is 10.6 Å². The summed E-state index contributed by atoms with van der Waals surface area (Å²) in [4.78, 5) is 33.9. The zero-order chi connectivity index (χ0) is 22.8. The third kappa shape index (κ3) is 4.94. The van der Waals surface area contributed by atoms with Crippen molar-refractivity contribution < 1.29 is 9.59 Å². The Morgan fingerprint density at radius 2 is 1.97 bits per heavy atom. The lowest BCUT2D eigenvalue weighted by molar-refractivity contribution is -0.119. The Kier molecular flexibility index (Phi) is 6.15. The number of hydrogen-bond acceptors (Lipinski definition) is 5.